The van der Waals surface area contributed by atoms with Crippen LogP contribution in [0.5, 0.6) is 0 Å². The second kappa shape index (κ2) is 7.03. The van der Waals surface area contributed by atoms with Crippen LogP contribution in [0.4, 0.5) is 10.1 Å². The van der Waals surface area contributed by atoms with Gasteiger partial charge in [0.15, 0.2) is 5.37 Å². The topological polar surface area (TPSA) is 118 Å². The van der Waals surface area contributed by atoms with Gasteiger partial charge in [0, 0.05) is 6.54 Å². The van der Waals surface area contributed by atoms with Crippen molar-refractivity contribution >= 4 is 32.5 Å². The summed E-state index contributed by atoms with van der Waals surface area (Å²) in [6.07, 6.45) is 0.0603. The van der Waals surface area contributed by atoms with Crippen LogP contribution in [-0.2, 0) is 36.1 Å². The van der Waals surface area contributed by atoms with Gasteiger partial charge in [0.05, 0.1) is 24.5 Å². The molecule has 0 aliphatic carbocycles. The highest BCUT2D eigenvalue weighted by Crippen LogP contribution is 2.35. The second-order valence-corrected chi connectivity index (χ2v) is 7.79. The lowest BCUT2D eigenvalue weighted by atomic mass is 10.1. The van der Waals surface area contributed by atoms with Crippen molar-refractivity contribution in [2.45, 2.75) is 17.5 Å². The van der Waals surface area contributed by atoms with Gasteiger partial charge in [-0.1, -0.05) is 6.07 Å². The van der Waals surface area contributed by atoms with Gasteiger partial charge in [0.25, 0.3) is 10.1 Å². The summed E-state index contributed by atoms with van der Waals surface area (Å²) in [5.41, 5.74) is 0.0633. The molecule has 2 atom stereocenters. The lowest BCUT2D eigenvalue weighted by Gasteiger charge is -2.27. The van der Waals surface area contributed by atoms with Crippen LogP contribution < -0.4 is 4.90 Å². The van der Waals surface area contributed by atoms with Gasteiger partial charge in [-0.05, 0) is 24.1 Å². The number of benzene rings is 1. The zero-order valence-corrected chi connectivity index (χ0v) is 14.3. The van der Waals surface area contributed by atoms with Gasteiger partial charge in [-0.2, -0.15) is 8.42 Å². The largest absolute Gasteiger partial charge is 0.469 e. The molecular formula is C13H16FNO7S2. The highest BCUT2D eigenvalue weighted by molar-refractivity contribution is 7.86. The molecule has 24 heavy (non-hydrogen) atoms. The maximum atomic E-state index is 14.3. The van der Waals surface area contributed by atoms with Crippen LogP contribution in [0.15, 0.2) is 18.2 Å². The Balaban J connectivity index is 2.42. The van der Waals surface area contributed by atoms with E-state index in [-0.39, 0.29) is 30.0 Å². The molecule has 2 unspecified atom stereocenters. The summed E-state index contributed by atoms with van der Waals surface area (Å²) in [6.45, 7) is 0.0102. The minimum Gasteiger partial charge on any atom is -0.469 e. The van der Waals surface area contributed by atoms with Crippen molar-refractivity contribution < 1.29 is 35.3 Å². The average molecular weight is 381 g/mol. The van der Waals surface area contributed by atoms with E-state index in [1.165, 1.54) is 12.1 Å². The van der Waals surface area contributed by atoms with Crippen molar-refractivity contribution in [1.29, 1.82) is 0 Å². The predicted octanol–water partition coefficient (Wildman–Crippen LogP) is 0.150. The summed E-state index contributed by atoms with van der Waals surface area (Å²) in [6, 6.07) is 3.55. The Kier molecular flexibility index (Phi) is 5.45. The molecule has 1 fully saturated rings. The number of hydrogen-bond donors (Lipinski definition) is 2. The monoisotopic (exact) mass is 381 g/mol. The fourth-order valence-electron chi connectivity index (χ4n) is 2.81. The molecule has 1 heterocycles. The number of carbonyl (C=O) groups excluding carboxylic acids is 1. The first-order valence-electron chi connectivity index (χ1n) is 6.86. The SMILES string of the molecule is COC(=O)C1CCN(c2ccc(C[SH](=O)=O)cc2F)C1S(=O)(=O)O. The number of nitrogens with zero attached hydrogens (tertiary/aromatic N) is 1. The summed E-state index contributed by atoms with van der Waals surface area (Å²) >= 11 is 0. The minimum atomic E-state index is -4.69. The average Bonchev–Trinajstić information content (AvgIpc) is 2.90. The van der Waals surface area contributed by atoms with E-state index in [2.05, 4.69) is 4.74 Å². The van der Waals surface area contributed by atoms with Gasteiger partial charge < -0.3 is 9.64 Å². The third-order valence-corrected chi connectivity index (χ3v) is 5.59. The molecule has 1 N–H and O–H groups in total. The molecule has 0 radical (unpaired) electrons. The van der Waals surface area contributed by atoms with Crippen molar-refractivity contribution in [3.8, 4) is 0 Å². The highest BCUT2D eigenvalue weighted by Gasteiger charge is 2.47. The summed E-state index contributed by atoms with van der Waals surface area (Å²) < 4.78 is 73.0. The maximum absolute atomic E-state index is 14.3. The van der Waals surface area contributed by atoms with Gasteiger partial charge in [-0.25, -0.2) is 12.8 Å². The lowest BCUT2D eigenvalue weighted by Crippen LogP contribution is -2.42. The first kappa shape index (κ1) is 18.6. The summed E-state index contributed by atoms with van der Waals surface area (Å²) in [4.78, 5) is 12.8. The van der Waals surface area contributed by atoms with Crippen molar-refractivity contribution in [2.24, 2.45) is 5.92 Å². The van der Waals surface area contributed by atoms with Crippen LogP contribution in [0.2, 0.25) is 0 Å². The molecule has 0 amide bonds. The smallest absolute Gasteiger partial charge is 0.312 e. The quantitative estimate of drug-likeness (QED) is 0.420. The summed E-state index contributed by atoms with van der Waals surface area (Å²) in [5.74, 6) is -3.16. The molecule has 1 aliphatic rings. The van der Waals surface area contributed by atoms with E-state index in [0.29, 0.717) is 0 Å². The molecule has 134 valence electrons. The Labute approximate surface area is 139 Å². The Morgan fingerprint density at radius 2 is 2.12 bits per heavy atom. The Bertz CT molecular complexity index is 814. The van der Waals surface area contributed by atoms with Crippen LogP contribution >= 0.6 is 0 Å². The number of halogens is 1. The minimum absolute atomic E-state index is 0.0102. The van der Waals surface area contributed by atoms with Crippen molar-refractivity contribution in [2.75, 3.05) is 18.6 Å². The molecule has 1 aromatic rings. The van der Waals surface area contributed by atoms with Crippen LogP contribution in [0, 0.1) is 11.7 Å². The number of esters is 1. The predicted molar refractivity (Wildman–Crippen MR) is 83.2 cm³/mol. The van der Waals surface area contributed by atoms with Crippen molar-refractivity contribution in [1.82, 2.24) is 0 Å². The van der Waals surface area contributed by atoms with Crippen LogP contribution in [-0.4, -0.2) is 46.4 Å². The molecule has 11 heteroatoms. The van der Waals surface area contributed by atoms with E-state index >= 15 is 0 Å². The van der Waals surface area contributed by atoms with E-state index in [4.69, 9.17) is 0 Å². The van der Waals surface area contributed by atoms with Gasteiger partial charge >= 0.3 is 5.97 Å². The molecule has 8 nitrogen and oxygen atoms in total. The number of thiol groups is 1. The zero-order chi connectivity index (χ0) is 18.1. The van der Waals surface area contributed by atoms with Crippen molar-refractivity contribution in [3.63, 3.8) is 0 Å². The number of rotatable bonds is 5. The number of hydrogen-bond acceptors (Lipinski definition) is 7. The van der Waals surface area contributed by atoms with Gasteiger partial charge in [0.1, 0.15) is 16.5 Å². The Morgan fingerprint density at radius 1 is 1.46 bits per heavy atom. The number of methoxy groups -OCH3 is 1. The normalized spacial score (nSPS) is 21.2. The molecule has 1 aromatic carbocycles. The number of carbonyl (C=O) groups is 1. The molecule has 0 saturated carbocycles. The number of anilines is 1. The fourth-order valence-corrected chi connectivity index (χ4v) is 4.51. The number of ether oxygens (including phenoxy) is 1. The fraction of sp³-hybridized carbons (Fsp3) is 0.462. The third kappa shape index (κ3) is 3.84. The first-order chi connectivity index (χ1) is 11.1. The standard InChI is InChI=1S/C13H16FNO7S2/c1-22-13(16)9-4-5-15(12(9)24(19,20)21)11-3-2-8(6-10(11)14)7-23(17)18/h2-3,6,9,12,23H,4-5,7H2,1H3,(H,19,20,21). The maximum Gasteiger partial charge on any atom is 0.312 e. The van der Waals surface area contributed by atoms with Crippen LogP contribution in [0.1, 0.15) is 12.0 Å². The Hall–Kier alpha value is -1.72. The summed E-state index contributed by atoms with van der Waals surface area (Å²) in [7, 11) is -6.33. The van der Waals surface area contributed by atoms with Crippen molar-refractivity contribution in [3.05, 3.63) is 29.6 Å². The van der Waals surface area contributed by atoms with Gasteiger partial charge in [-0.3, -0.25) is 9.35 Å². The lowest BCUT2D eigenvalue weighted by molar-refractivity contribution is -0.145. The van der Waals surface area contributed by atoms with Crippen LogP contribution in [0.25, 0.3) is 0 Å². The highest BCUT2D eigenvalue weighted by atomic mass is 32.2. The molecule has 1 saturated heterocycles. The summed E-state index contributed by atoms with van der Waals surface area (Å²) in [5, 5.41) is -1.67. The third-order valence-electron chi connectivity index (χ3n) is 3.77. The molecular weight excluding hydrogens is 365 g/mol. The van der Waals surface area contributed by atoms with Crippen LogP contribution in [0.3, 0.4) is 0 Å². The van der Waals surface area contributed by atoms with E-state index in [9.17, 15) is 30.6 Å². The molecule has 0 bridgehead atoms. The molecule has 2 rings (SSSR count). The second-order valence-electron chi connectivity index (χ2n) is 5.29. The van der Waals surface area contributed by atoms with E-state index in [1.54, 1.807) is 0 Å². The van der Waals surface area contributed by atoms with E-state index < -0.39 is 43.9 Å². The molecule has 0 aromatic heterocycles. The first-order valence-corrected chi connectivity index (χ1v) is 9.72. The Morgan fingerprint density at radius 3 is 2.62 bits per heavy atom. The molecule has 1 aliphatic heterocycles. The van der Waals surface area contributed by atoms with Gasteiger partial charge in [0.2, 0.25) is 0 Å². The van der Waals surface area contributed by atoms with E-state index in [1.807, 2.05) is 0 Å². The zero-order valence-electron chi connectivity index (χ0n) is 12.6. The molecule has 0 spiro atoms. The van der Waals surface area contributed by atoms with Gasteiger partial charge in [-0.15, -0.1) is 0 Å². The van der Waals surface area contributed by atoms with E-state index in [0.717, 1.165) is 18.1 Å².